The van der Waals surface area contributed by atoms with Crippen LogP contribution in [-0.4, -0.2) is 35.3 Å². The maximum Gasteiger partial charge on any atom is 0.232 e. The highest BCUT2D eigenvalue weighted by molar-refractivity contribution is 6.03. The van der Waals surface area contributed by atoms with Gasteiger partial charge in [0.25, 0.3) is 0 Å². The van der Waals surface area contributed by atoms with E-state index in [4.69, 9.17) is 0 Å². The highest BCUT2D eigenvalue weighted by Crippen LogP contribution is 2.31. The Morgan fingerprint density at radius 3 is 2.21 bits per heavy atom. The predicted molar refractivity (Wildman–Crippen MR) is 76.7 cm³/mol. The van der Waals surface area contributed by atoms with E-state index in [1.54, 1.807) is 0 Å². The molecule has 4 heteroatoms. The van der Waals surface area contributed by atoms with Crippen molar-refractivity contribution in [3.05, 3.63) is 0 Å². The van der Waals surface area contributed by atoms with Gasteiger partial charge in [-0.3, -0.25) is 14.5 Å². The van der Waals surface area contributed by atoms with Gasteiger partial charge in [0.2, 0.25) is 11.8 Å². The number of carbonyl (C=O) groups is 2. The van der Waals surface area contributed by atoms with Crippen LogP contribution in [-0.2, 0) is 9.59 Å². The van der Waals surface area contributed by atoms with Crippen LogP contribution in [0.1, 0.15) is 54.4 Å². The third kappa shape index (κ3) is 5.31. The van der Waals surface area contributed by atoms with Gasteiger partial charge in [0.05, 0.1) is 0 Å². The molecular weight excluding hydrogens is 240 g/mol. The van der Waals surface area contributed by atoms with Gasteiger partial charge in [0.1, 0.15) is 0 Å². The second-order valence-corrected chi connectivity index (χ2v) is 7.73. The zero-order valence-corrected chi connectivity index (χ0v) is 13.2. The summed E-state index contributed by atoms with van der Waals surface area (Å²) in [6, 6.07) is 0. The van der Waals surface area contributed by atoms with E-state index < -0.39 is 0 Å². The molecule has 0 aromatic heterocycles. The molecule has 2 amide bonds. The standard InChI is InChI=1S/C15H28N2O2/c1-14(2,3)10-11-9-12(18)17(13(11)19)8-7-16-15(4,5)6/h11,16H,7-10H2,1-6H3. The summed E-state index contributed by atoms with van der Waals surface area (Å²) >= 11 is 0. The molecule has 1 aliphatic heterocycles. The smallest absolute Gasteiger partial charge is 0.232 e. The summed E-state index contributed by atoms with van der Waals surface area (Å²) in [6.45, 7) is 13.7. The second-order valence-electron chi connectivity index (χ2n) is 7.73. The van der Waals surface area contributed by atoms with Crippen LogP contribution in [0.4, 0.5) is 0 Å². The molecule has 0 bridgehead atoms. The van der Waals surface area contributed by atoms with Gasteiger partial charge in [0.15, 0.2) is 0 Å². The third-order valence-corrected chi connectivity index (χ3v) is 3.19. The van der Waals surface area contributed by atoms with Crippen LogP contribution in [0.5, 0.6) is 0 Å². The van der Waals surface area contributed by atoms with Gasteiger partial charge in [0, 0.05) is 31.0 Å². The van der Waals surface area contributed by atoms with Crippen molar-refractivity contribution in [2.45, 2.75) is 59.9 Å². The van der Waals surface area contributed by atoms with E-state index >= 15 is 0 Å². The SMILES string of the molecule is CC(C)(C)CC1CC(=O)N(CCNC(C)(C)C)C1=O. The van der Waals surface area contributed by atoms with Crippen LogP contribution in [0.15, 0.2) is 0 Å². The molecule has 4 nitrogen and oxygen atoms in total. The van der Waals surface area contributed by atoms with Crippen molar-refractivity contribution < 1.29 is 9.59 Å². The molecule has 1 atom stereocenters. The van der Waals surface area contributed by atoms with E-state index in [-0.39, 0.29) is 28.7 Å². The first-order valence-corrected chi connectivity index (χ1v) is 7.09. The number of carbonyl (C=O) groups excluding carboxylic acids is 2. The van der Waals surface area contributed by atoms with Crippen molar-refractivity contribution in [2.24, 2.45) is 11.3 Å². The van der Waals surface area contributed by atoms with Crippen LogP contribution in [0.3, 0.4) is 0 Å². The lowest BCUT2D eigenvalue weighted by Crippen LogP contribution is -2.43. The lowest BCUT2D eigenvalue weighted by Gasteiger charge is -2.24. The summed E-state index contributed by atoms with van der Waals surface area (Å²) in [4.78, 5) is 25.6. The minimum absolute atomic E-state index is 0.00985. The van der Waals surface area contributed by atoms with Gasteiger partial charge in [-0.1, -0.05) is 20.8 Å². The molecule has 1 rings (SSSR count). The van der Waals surface area contributed by atoms with Crippen molar-refractivity contribution in [1.29, 1.82) is 0 Å². The Hall–Kier alpha value is -0.900. The molecule has 19 heavy (non-hydrogen) atoms. The Balaban J connectivity index is 2.52. The summed E-state index contributed by atoms with van der Waals surface area (Å²) in [5.74, 6) is -0.132. The second kappa shape index (κ2) is 5.61. The summed E-state index contributed by atoms with van der Waals surface area (Å²) in [5, 5.41) is 3.31. The monoisotopic (exact) mass is 268 g/mol. The van der Waals surface area contributed by atoms with E-state index in [9.17, 15) is 9.59 Å². The number of likely N-dealkylation sites (tertiary alicyclic amines) is 1. The first-order valence-electron chi connectivity index (χ1n) is 7.09. The summed E-state index contributed by atoms with van der Waals surface area (Å²) in [7, 11) is 0. The zero-order chi connectivity index (χ0) is 14.8. The average molecular weight is 268 g/mol. The van der Waals surface area contributed by atoms with E-state index in [2.05, 4.69) is 46.9 Å². The number of amides is 2. The number of nitrogens with zero attached hydrogens (tertiary/aromatic N) is 1. The third-order valence-electron chi connectivity index (χ3n) is 3.19. The first-order chi connectivity index (χ1) is 8.49. The molecule has 0 saturated carbocycles. The number of hydrogen-bond donors (Lipinski definition) is 1. The maximum atomic E-state index is 12.2. The molecule has 1 saturated heterocycles. The Kier molecular flexibility index (Phi) is 4.77. The summed E-state index contributed by atoms with van der Waals surface area (Å²) < 4.78 is 0. The lowest BCUT2D eigenvalue weighted by atomic mass is 9.84. The molecular formula is C15H28N2O2. The summed E-state index contributed by atoms with van der Waals surface area (Å²) in [6.07, 6.45) is 1.16. The molecule has 0 aromatic rings. The van der Waals surface area contributed by atoms with E-state index in [0.717, 1.165) is 6.42 Å². The number of nitrogens with one attached hydrogen (secondary N) is 1. The topological polar surface area (TPSA) is 49.4 Å². The van der Waals surface area contributed by atoms with Gasteiger partial charge in [-0.15, -0.1) is 0 Å². The summed E-state index contributed by atoms with van der Waals surface area (Å²) in [5.41, 5.74) is 0.0942. The van der Waals surface area contributed by atoms with E-state index in [1.165, 1.54) is 4.90 Å². The Morgan fingerprint density at radius 1 is 1.16 bits per heavy atom. The van der Waals surface area contributed by atoms with Crippen LogP contribution >= 0.6 is 0 Å². The van der Waals surface area contributed by atoms with Crippen molar-refractivity contribution in [1.82, 2.24) is 10.2 Å². The molecule has 1 aliphatic rings. The van der Waals surface area contributed by atoms with Gasteiger partial charge in [-0.05, 0) is 32.6 Å². The lowest BCUT2D eigenvalue weighted by molar-refractivity contribution is -0.139. The van der Waals surface area contributed by atoms with Crippen molar-refractivity contribution in [2.75, 3.05) is 13.1 Å². The van der Waals surface area contributed by atoms with E-state index in [0.29, 0.717) is 19.5 Å². The zero-order valence-electron chi connectivity index (χ0n) is 13.2. The van der Waals surface area contributed by atoms with Gasteiger partial charge in [-0.2, -0.15) is 0 Å². The molecule has 0 radical (unpaired) electrons. The Labute approximate surface area is 116 Å². The van der Waals surface area contributed by atoms with Crippen LogP contribution in [0, 0.1) is 11.3 Å². The fourth-order valence-electron chi connectivity index (χ4n) is 2.43. The van der Waals surface area contributed by atoms with Crippen LogP contribution in [0.25, 0.3) is 0 Å². The normalized spacial score (nSPS) is 21.4. The number of hydrogen-bond acceptors (Lipinski definition) is 3. The highest BCUT2D eigenvalue weighted by atomic mass is 16.2. The molecule has 0 aliphatic carbocycles. The molecule has 1 unspecified atom stereocenters. The van der Waals surface area contributed by atoms with Crippen molar-refractivity contribution in [3.8, 4) is 0 Å². The largest absolute Gasteiger partial charge is 0.310 e. The Bertz CT molecular complexity index is 350. The minimum atomic E-state index is -0.123. The quantitative estimate of drug-likeness (QED) is 0.795. The van der Waals surface area contributed by atoms with Gasteiger partial charge < -0.3 is 5.32 Å². The molecule has 0 spiro atoms. The fraction of sp³-hybridized carbons (Fsp3) is 0.867. The van der Waals surface area contributed by atoms with Crippen LogP contribution in [0.2, 0.25) is 0 Å². The van der Waals surface area contributed by atoms with Crippen molar-refractivity contribution in [3.63, 3.8) is 0 Å². The minimum Gasteiger partial charge on any atom is -0.310 e. The molecule has 1 N–H and O–H groups in total. The number of rotatable bonds is 4. The molecule has 0 aromatic carbocycles. The maximum absolute atomic E-state index is 12.2. The fourth-order valence-corrected chi connectivity index (χ4v) is 2.43. The van der Waals surface area contributed by atoms with Gasteiger partial charge >= 0.3 is 0 Å². The van der Waals surface area contributed by atoms with Gasteiger partial charge in [-0.25, -0.2) is 0 Å². The van der Waals surface area contributed by atoms with E-state index in [1.807, 2.05) is 0 Å². The Morgan fingerprint density at radius 2 is 1.74 bits per heavy atom. The number of imide groups is 1. The van der Waals surface area contributed by atoms with Crippen LogP contribution < -0.4 is 5.32 Å². The molecule has 1 heterocycles. The highest BCUT2D eigenvalue weighted by Gasteiger charge is 2.39. The molecule has 1 fully saturated rings. The molecule has 110 valence electrons. The first kappa shape index (κ1) is 16.2. The predicted octanol–water partition coefficient (Wildman–Crippen LogP) is 2.19. The average Bonchev–Trinajstić information content (AvgIpc) is 2.41. The van der Waals surface area contributed by atoms with Crippen molar-refractivity contribution >= 4 is 11.8 Å².